The largest absolute Gasteiger partial charge is 0.493 e. The molecule has 1 aromatic carbocycles. The average Bonchev–Trinajstić information content (AvgIpc) is 3.04. The third-order valence-corrected chi connectivity index (χ3v) is 3.52. The third-order valence-electron chi connectivity index (χ3n) is 3.52. The van der Waals surface area contributed by atoms with Crippen LogP contribution in [0.1, 0.15) is 41.6 Å². The molecule has 2 nitrogen and oxygen atoms in total. The predicted octanol–water partition coefficient (Wildman–Crippen LogP) is 2.99. The van der Waals surface area contributed by atoms with E-state index in [9.17, 15) is 4.79 Å². The predicted molar refractivity (Wildman–Crippen MR) is 61.9 cm³/mol. The third kappa shape index (κ3) is 1.84. The van der Waals surface area contributed by atoms with Gasteiger partial charge in [0.15, 0.2) is 5.78 Å². The van der Waals surface area contributed by atoms with Crippen molar-refractivity contribution in [3.05, 3.63) is 29.3 Å². The lowest BCUT2D eigenvalue weighted by Gasteiger charge is -2.09. The minimum absolute atomic E-state index is 0.266. The topological polar surface area (TPSA) is 26.3 Å². The van der Waals surface area contributed by atoms with Crippen LogP contribution in [0.25, 0.3) is 0 Å². The number of hydrogen-bond acceptors (Lipinski definition) is 2. The van der Waals surface area contributed by atoms with Crippen LogP contribution in [0, 0.1) is 5.92 Å². The fourth-order valence-corrected chi connectivity index (χ4v) is 2.34. The highest BCUT2D eigenvalue weighted by Gasteiger charge is 2.24. The van der Waals surface area contributed by atoms with Crippen molar-refractivity contribution in [2.75, 3.05) is 6.61 Å². The normalized spacial score (nSPS) is 18.6. The number of benzene rings is 1. The van der Waals surface area contributed by atoms with Gasteiger partial charge in [0.2, 0.25) is 0 Å². The van der Waals surface area contributed by atoms with E-state index in [0.29, 0.717) is 6.42 Å². The summed E-state index contributed by atoms with van der Waals surface area (Å²) in [5.74, 6) is 2.10. The van der Waals surface area contributed by atoms with Gasteiger partial charge in [0.05, 0.1) is 6.61 Å². The molecule has 1 saturated carbocycles. The van der Waals surface area contributed by atoms with E-state index in [-0.39, 0.29) is 5.78 Å². The zero-order valence-electron chi connectivity index (χ0n) is 9.37. The van der Waals surface area contributed by atoms with Crippen molar-refractivity contribution in [2.24, 2.45) is 5.92 Å². The van der Waals surface area contributed by atoms with Gasteiger partial charge in [0.1, 0.15) is 5.75 Å². The average molecular weight is 216 g/mol. The minimum atomic E-state index is 0.266. The van der Waals surface area contributed by atoms with Gasteiger partial charge < -0.3 is 4.74 Å². The number of carbonyl (C=O) groups is 1. The molecule has 16 heavy (non-hydrogen) atoms. The molecule has 2 aliphatic carbocycles. The molecule has 1 fully saturated rings. The number of ether oxygens (including phenoxy) is 1. The molecule has 0 atom stereocenters. The van der Waals surface area contributed by atoms with Gasteiger partial charge in [-0.1, -0.05) is 25.0 Å². The minimum Gasteiger partial charge on any atom is -0.493 e. The Balaban J connectivity index is 1.71. The van der Waals surface area contributed by atoms with E-state index in [1.54, 1.807) is 0 Å². The van der Waals surface area contributed by atoms with Crippen molar-refractivity contribution < 1.29 is 9.53 Å². The van der Waals surface area contributed by atoms with Crippen molar-refractivity contribution in [1.29, 1.82) is 0 Å². The lowest BCUT2D eigenvalue weighted by Crippen LogP contribution is -2.01. The summed E-state index contributed by atoms with van der Waals surface area (Å²) < 4.78 is 5.80. The molecule has 0 spiro atoms. The van der Waals surface area contributed by atoms with Gasteiger partial charge >= 0.3 is 0 Å². The Morgan fingerprint density at radius 3 is 2.94 bits per heavy atom. The van der Waals surface area contributed by atoms with E-state index in [1.165, 1.54) is 12.8 Å². The van der Waals surface area contributed by atoms with E-state index in [0.717, 1.165) is 42.2 Å². The van der Waals surface area contributed by atoms with E-state index in [2.05, 4.69) is 0 Å². The van der Waals surface area contributed by atoms with E-state index in [4.69, 9.17) is 4.74 Å². The molecule has 2 heteroatoms. The van der Waals surface area contributed by atoms with Crippen molar-refractivity contribution in [1.82, 2.24) is 0 Å². The molecule has 0 aliphatic heterocycles. The van der Waals surface area contributed by atoms with Crippen LogP contribution < -0.4 is 4.74 Å². The Bertz CT molecular complexity index is 419. The molecule has 0 N–H and O–H groups in total. The number of fused-ring (bicyclic) bond motifs is 1. The second-order valence-corrected chi connectivity index (χ2v) is 4.79. The first-order valence-electron chi connectivity index (χ1n) is 6.12. The number of hydrogen-bond donors (Lipinski definition) is 0. The molecule has 2 aliphatic rings. The monoisotopic (exact) mass is 216 g/mol. The Kier molecular flexibility index (Phi) is 2.43. The fourth-order valence-electron chi connectivity index (χ4n) is 2.34. The van der Waals surface area contributed by atoms with Gasteiger partial charge in [0, 0.05) is 17.5 Å². The first-order valence-corrected chi connectivity index (χ1v) is 6.12. The van der Waals surface area contributed by atoms with E-state index < -0.39 is 0 Å². The quantitative estimate of drug-likeness (QED) is 0.773. The molecular weight excluding hydrogens is 200 g/mol. The Morgan fingerprint density at radius 2 is 2.12 bits per heavy atom. The summed E-state index contributed by atoms with van der Waals surface area (Å²) in [6, 6.07) is 5.83. The highest BCUT2D eigenvalue weighted by molar-refractivity contribution is 6.01. The zero-order chi connectivity index (χ0) is 11.0. The summed E-state index contributed by atoms with van der Waals surface area (Å²) in [4.78, 5) is 11.6. The molecule has 0 radical (unpaired) electrons. The van der Waals surface area contributed by atoms with Crippen LogP contribution in [0.15, 0.2) is 18.2 Å². The summed E-state index contributed by atoms with van der Waals surface area (Å²) >= 11 is 0. The lowest BCUT2D eigenvalue weighted by molar-refractivity contribution is 0.0994. The summed E-state index contributed by atoms with van der Waals surface area (Å²) in [6.45, 7) is 0.801. The van der Waals surface area contributed by atoms with Crippen LogP contribution in [0.4, 0.5) is 0 Å². The summed E-state index contributed by atoms with van der Waals surface area (Å²) in [5.41, 5.74) is 2.01. The van der Waals surface area contributed by atoms with Crippen molar-refractivity contribution in [3.63, 3.8) is 0 Å². The van der Waals surface area contributed by atoms with E-state index >= 15 is 0 Å². The maximum absolute atomic E-state index is 11.6. The fraction of sp³-hybridized carbons (Fsp3) is 0.500. The maximum atomic E-state index is 11.6. The Labute approximate surface area is 95.6 Å². The van der Waals surface area contributed by atoms with Crippen LogP contribution in [0.2, 0.25) is 0 Å². The van der Waals surface area contributed by atoms with E-state index in [1.807, 2.05) is 18.2 Å². The van der Waals surface area contributed by atoms with Crippen molar-refractivity contribution in [3.8, 4) is 5.75 Å². The highest BCUT2D eigenvalue weighted by Crippen LogP contribution is 2.34. The van der Waals surface area contributed by atoms with Crippen molar-refractivity contribution in [2.45, 2.75) is 32.1 Å². The van der Waals surface area contributed by atoms with Gasteiger partial charge in [-0.3, -0.25) is 4.79 Å². The summed E-state index contributed by atoms with van der Waals surface area (Å²) in [5, 5.41) is 0. The summed E-state index contributed by atoms with van der Waals surface area (Å²) in [6.07, 6.45) is 5.41. The molecule has 84 valence electrons. The van der Waals surface area contributed by atoms with Crippen LogP contribution in [-0.2, 0) is 6.42 Å². The molecule has 0 bridgehead atoms. The smallest absolute Gasteiger partial charge is 0.163 e. The number of carbonyl (C=O) groups excluding carboxylic acids is 1. The van der Waals surface area contributed by atoms with Crippen LogP contribution in [0.5, 0.6) is 5.75 Å². The molecule has 0 unspecified atom stereocenters. The SMILES string of the molecule is O=C1CCc2c(OCCC3CC3)cccc21. The van der Waals surface area contributed by atoms with Crippen LogP contribution in [0.3, 0.4) is 0 Å². The number of ketones is 1. The Hall–Kier alpha value is -1.31. The van der Waals surface area contributed by atoms with Gasteiger partial charge in [-0.2, -0.15) is 0 Å². The zero-order valence-corrected chi connectivity index (χ0v) is 9.37. The van der Waals surface area contributed by atoms with Gasteiger partial charge in [0.25, 0.3) is 0 Å². The van der Waals surface area contributed by atoms with Crippen LogP contribution in [-0.4, -0.2) is 12.4 Å². The Morgan fingerprint density at radius 1 is 1.25 bits per heavy atom. The molecule has 1 aromatic rings. The van der Waals surface area contributed by atoms with Gasteiger partial charge in [-0.05, 0) is 24.8 Å². The number of rotatable bonds is 4. The number of Topliss-reactive ketones (excluding diaryl/α,β-unsaturated/α-hetero) is 1. The first-order chi connectivity index (χ1) is 7.84. The molecule has 0 heterocycles. The molecule has 0 aromatic heterocycles. The molecular formula is C14H16O2. The lowest BCUT2D eigenvalue weighted by atomic mass is 10.1. The van der Waals surface area contributed by atoms with Gasteiger partial charge in [-0.15, -0.1) is 0 Å². The highest BCUT2D eigenvalue weighted by atomic mass is 16.5. The second kappa shape index (κ2) is 3.93. The molecule has 0 amide bonds. The first kappa shape index (κ1) is 9.88. The van der Waals surface area contributed by atoms with Crippen LogP contribution >= 0.6 is 0 Å². The van der Waals surface area contributed by atoms with Crippen molar-refractivity contribution >= 4 is 5.78 Å². The standard InChI is InChI=1S/C14H16O2/c15-13-7-6-12-11(13)2-1-3-14(12)16-9-8-10-4-5-10/h1-3,10H,4-9H2. The molecule has 0 saturated heterocycles. The van der Waals surface area contributed by atoms with Gasteiger partial charge in [-0.25, -0.2) is 0 Å². The summed E-state index contributed by atoms with van der Waals surface area (Å²) in [7, 11) is 0. The second-order valence-electron chi connectivity index (χ2n) is 4.79. The maximum Gasteiger partial charge on any atom is 0.163 e. The molecule has 3 rings (SSSR count).